The van der Waals surface area contributed by atoms with Crippen LogP contribution in [0.1, 0.15) is 6.92 Å². The Morgan fingerprint density at radius 2 is 2.23 bits per heavy atom. The van der Waals surface area contributed by atoms with Crippen molar-refractivity contribution in [2.75, 3.05) is 0 Å². The second kappa shape index (κ2) is 3.30. The lowest BCUT2D eigenvalue weighted by atomic mass is 10.4. The Morgan fingerprint density at radius 1 is 1.31 bits per heavy atom. The molecule has 0 radical (unpaired) electrons. The monoisotopic (exact) mass is 175 g/mol. The number of aryl methyl sites for hydroxylation is 1. The van der Waals surface area contributed by atoms with Gasteiger partial charge in [0.15, 0.2) is 5.82 Å². The third-order valence-corrected chi connectivity index (χ3v) is 1.73. The van der Waals surface area contributed by atoms with Gasteiger partial charge in [0.05, 0.1) is 0 Å². The smallest absolute Gasteiger partial charge is 0.176 e. The van der Waals surface area contributed by atoms with Gasteiger partial charge in [-0.2, -0.15) is 5.10 Å². The van der Waals surface area contributed by atoms with Crippen LogP contribution in [0, 0.1) is 0 Å². The molecule has 0 aliphatic heterocycles. The first-order valence-electron chi connectivity index (χ1n) is 4.06. The normalized spacial score (nSPS) is 10.2. The Hall–Kier alpha value is -1.78. The molecule has 0 saturated carbocycles. The minimum Gasteiger partial charge on any atom is -0.245 e. The van der Waals surface area contributed by atoms with Crippen molar-refractivity contribution in [3.63, 3.8) is 0 Å². The zero-order chi connectivity index (χ0) is 9.10. The molecule has 0 aliphatic carbocycles. The van der Waals surface area contributed by atoms with Crippen LogP contribution in [0.3, 0.4) is 0 Å². The molecule has 0 aromatic carbocycles. The van der Waals surface area contributed by atoms with Gasteiger partial charge >= 0.3 is 0 Å². The third kappa shape index (κ3) is 1.40. The molecule has 13 heavy (non-hydrogen) atoms. The summed E-state index contributed by atoms with van der Waals surface area (Å²) >= 11 is 0. The predicted octanol–water partition coefficient (Wildman–Crippen LogP) is 0.755. The quantitative estimate of drug-likeness (QED) is 0.676. The van der Waals surface area contributed by atoms with E-state index in [9.17, 15) is 0 Å². The Kier molecular flexibility index (Phi) is 1.99. The van der Waals surface area contributed by atoms with E-state index in [0.29, 0.717) is 0 Å². The molecule has 66 valence electrons. The first-order chi connectivity index (χ1) is 6.42. The highest BCUT2D eigenvalue weighted by Crippen LogP contribution is 2.10. The Bertz CT molecular complexity index is 380. The summed E-state index contributed by atoms with van der Waals surface area (Å²) in [6.07, 6.45) is 4.72. The summed E-state index contributed by atoms with van der Waals surface area (Å²) in [6, 6.07) is 1.82. The van der Waals surface area contributed by atoms with Crippen molar-refractivity contribution in [2.24, 2.45) is 0 Å². The summed E-state index contributed by atoms with van der Waals surface area (Å²) in [6.45, 7) is 2.80. The first-order valence-corrected chi connectivity index (χ1v) is 4.06. The van der Waals surface area contributed by atoms with Gasteiger partial charge in [0, 0.05) is 12.7 Å². The highest BCUT2D eigenvalue weighted by Gasteiger charge is 2.05. The second-order valence-electron chi connectivity index (χ2n) is 2.49. The standard InChI is InChI=1S/C8H9N5/c1-2-13-8(11-6-12-13)7-3-4-9-5-10-7/h3-6H,2H2,1H3. The zero-order valence-electron chi connectivity index (χ0n) is 7.25. The SMILES string of the molecule is CCn1ncnc1-c1ccncn1. The molecule has 0 aliphatic rings. The molecule has 5 heteroatoms. The molecular weight excluding hydrogens is 166 g/mol. The van der Waals surface area contributed by atoms with E-state index in [2.05, 4.69) is 20.1 Å². The molecule has 2 heterocycles. The molecule has 0 saturated heterocycles. The number of hydrogen-bond donors (Lipinski definition) is 0. The van der Waals surface area contributed by atoms with Crippen molar-refractivity contribution in [3.8, 4) is 11.5 Å². The van der Waals surface area contributed by atoms with Crippen molar-refractivity contribution in [1.82, 2.24) is 24.7 Å². The van der Waals surface area contributed by atoms with Gasteiger partial charge in [-0.05, 0) is 13.0 Å². The maximum Gasteiger partial charge on any atom is 0.176 e. The average Bonchev–Trinajstić information content (AvgIpc) is 2.67. The largest absolute Gasteiger partial charge is 0.245 e. The van der Waals surface area contributed by atoms with E-state index < -0.39 is 0 Å². The summed E-state index contributed by atoms with van der Waals surface area (Å²) in [7, 11) is 0. The molecule has 2 rings (SSSR count). The highest BCUT2D eigenvalue weighted by atomic mass is 15.3. The fourth-order valence-electron chi connectivity index (χ4n) is 1.12. The lowest BCUT2D eigenvalue weighted by molar-refractivity contribution is 0.664. The van der Waals surface area contributed by atoms with E-state index in [1.165, 1.54) is 12.7 Å². The lowest BCUT2D eigenvalue weighted by Crippen LogP contribution is -2.00. The zero-order valence-corrected chi connectivity index (χ0v) is 7.25. The van der Waals surface area contributed by atoms with Crippen molar-refractivity contribution in [1.29, 1.82) is 0 Å². The number of hydrogen-bond acceptors (Lipinski definition) is 4. The summed E-state index contributed by atoms with van der Waals surface area (Å²) < 4.78 is 1.79. The Morgan fingerprint density at radius 3 is 2.92 bits per heavy atom. The van der Waals surface area contributed by atoms with Crippen LogP contribution in [0.5, 0.6) is 0 Å². The maximum absolute atomic E-state index is 4.12. The summed E-state index contributed by atoms with van der Waals surface area (Å²) in [5, 5.41) is 4.06. The fraction of sp³-hybridized carbons (Fsp3) is 0.250. The molecule has 0 fully saturated rings. The van der Waals surface area contributed by atoms with Gasteiger partial charge in [0.25, 0.3) is 0 Å². The van der Waals surface area contributed by atoms with Crippen LogP contribution in [0.25, 0.3) is 11.5 Å². The van der Waals surface area contributed by atoms with E-state index in [1.807, 2.05) is 13.0 Å². The van der Waals surface area contributed by atoms with E-state index in [-0.39, 0.29) is 0 Å². The van der Waals surface area contributed by atoms with Gasteiger partial charge in [-0.15, -0.1) is 0 Å². The van der Waals surface area contributed by atoms with E-state index in [4.69, 9.17) is 0 Å². The molecule has 0 atom stereocenters. The van der Waals surface area contributed by atoms with E-state index in [0.717, 1.165) is 18.1 Å². The number of nitrogens with zero attached hydrogens (tertiary/aromatic N) is 5. The van der Waals surface area contributed by atoms with Gasteiger partial charge in [-0.1, -0.05) is 0 Å². The van der Waals surface area contributed by atoms with Gasteiger partial charge in [-0.3, -0.25) is 0 Å². The van der Waals surface area contributed by atoms with Gasteiger partial charge in [-0.25, -0.2) is 19.6 Å². The molecule has 0 N–H and O–H groups in total. The Labute approximate surface area is 75.5 Å². The molecule has 5 nitrogen and oxygen atoms in total. The van der Waals surface area contributed by atoms with Crippen LogP contribution in [-0.4, -0.2) is 24.7 Å². The minimum atomic E-state index is 0.782. The van der Waals surface area contributed by atoms with Crippen LogP contribution in [-0.2, 0) is 6.54 Å². The predicted molar refractivity (Wildman–Crippen MR) is 46.7 cm³/mol. The van der Waals surface area contributed by atoms with E-state index >= 15 is 0 Å². The molecule has 0 bridgehead atoms. The molecule has 2 aromatic rings. The van der Waals surface area contributed by atoms with Crippen molar-refractivity contribution in [3.05, 3.63) is 24.9 Å². The number of aromatic nitrogens is 5. The van der Waals surface area contributed by atoms with Crippen LogP contribution in [0.15, 0.2) is 24.9 Å². The summed E-state index contributed by atoms with van der Waals surface area (Å²) in [4.78, 5) is 12.1. The summed E-state index contributed by atoms with van der Waals surface area (Å²) in [5.41, 5.74) is 0.800. The molecule has 0 unspecified atom stereocenters. The van der Waals surface area contributed by atoms with Crippen LogP contribution >= 0.6 is 0 Å². The summed E-state index contributed by atoms with van der Waals surface area (Å²) in [5.74, 6) is 0.782. The molecule has 0 spiro atoms. The minimum absolute atomic E-state index is 0.782. The van der Waals surface area contributed by atoms with Crippen LogP contribution in [0.4, 0.5) is 0 Å². The maximum atomic E-state index is 4.12. The van der Waals surface area contributed by atoms with Gasteiger partial charge in [0.1, 0.15) is 18.3 Å². The molecular formula is C8H9N5. The van der Waals surface area contributed by atoms with Crippen LogP contribution < -0.4 is 0 Å². The third-order valence-electron chi connectivity index (χ3n) is 1.73. The van der Waals surface area contributed by atoms with Crippen molar-refractivity contribution < 1.29 is 0 Å². The molecule has 0 amide bonds. The van der Waals surface area contributed by atoms with Crippen molar-refractivity contribution in [2.45, 2.75) is 13.5 Å². The highest BCUT2D eigenvalue weighted by molar-refractivity contribution is 5.47. The number of rotatable bonds is 2. The fourth-order valence-corrected chi connectivity index (χ4v) is 1.12. The van der Waals surface area contributed by atoms with E-state index in [1.54, 1.807) is 10.9 Å². The second-order valence-corrected chi connectivity index (χ2v) is 2.49. The average molecular weight is 175 g/mol. The lowest BCUT2D eigenvalue weighted by Gasteiger charge is -2.00. The topological polar surface area (TPSA) is 56.5 Å². The first kappa shape index (κ1) is 7.85. The van der Waals surface area contributed by atoms with Gasteiger partial charge < -0.3 is 0 Å². The molecule has 2 aromatic heterocycles. The Balaban J connectivity index is 2.47. The van der Waals surface area contributed by atoms with Gasteiger partial charge in [0.2, 0.25) is 0 Å². The van der Waals surface area contributed by atoms with Crippen LogP contribution in [0.2, 0.25) is 0 Å². The van der Waals surface area contributed by atoms with Crippen molar-refractivity contribution >= 4 is 0 Å².